The molecule has 0 aliphatic carbocycles. The molecule has 2 aromatic heterocycles. The number of hydrogen-bond acceptors (Lipinski definition) is 2. The third-order valence-corrected chi connectivity index (χ3v) is 3.47. The van der Waals surface area contributed by atoms with Crippen molar-refractivity contribution in [2.45, 2.75) is 6.92 Å². The predicted octanol–water partition coefficient (Wildman–Crippen LogP) is 3.59. The third-order valence-electron chi connectivity index (χ3n) is 3.47. The van der Waals surface area contributed by atoms with E-state index >= 15 is 0 Å². The van der Waals surface area contributed by atoms with Crippen molar-refractivity contribution in [2.75, 3.05) is 12.4 Å². The lowest BCUT2D eigenvalue weighted by atomic mass is 10.0. The maximum Gasteiger partial charge on any atom is 0.126 e. The predicted molar refractivity (Wildman–Crippen MR) is 80.4 cm³/mol. The Balaban J connectivity index is 2.22. The van der Waals surface area contributed by atoms with Gasteiger partial charge in [0.15, 0.2) is 0 Å². The van der Waals surface area contributed by atoms with Gasteiger partial charge in [-0.1, -0.05) is 6.07 Å². The summed E-state index contributed by atoms with van der Waals surface area (Å²) >= 11 is 0. The van der Waals surface area contributed by atoms with Gasteiger partial charge in [-0.15, -0.1) is 0 Å². The van der Waals surface area contributed by atoms with Gasteiger partial charge in [0.05, 0.1) is 0 Å². The molecule has 0 radical (unpaired) electrons. The maximum absolute atomic E-state index is 4.38. The fraction of sp³-hybridized carbons (Fsp3) is 0.188. The molecule has 3 nitrogen and oxygen atoms in total. The Labute approximate surface area is 112 Å². The molecule has 0 unspecified atom stereocenters. The molecule has 1 N–H and O–H groups in total. The zero-order valence-corrected chi connectivity index (χ0v) is 11.4. The molecule has 0 saturated heterocycles. The first-order valence-electron chi connectivity index (χ1n) is 6.38. The molecule has 0 saturated carbocycles. The normalized spacial score (nSPS) is 10.9. The lowest BCUT2D eigenvalue weighted by Crippen LogP contribution is -1.92. The molecule has 2 heterocycles. The standard InChI is InChI=1S/C16H17N3/c1-11-6-13(12-4-5-19(3)10-12)7-14-8-16(17-2)18-9-15(11)14/h4-10H,1-3H3,(H,17,18). The Kier molecular flexibility index (Phi) is 2.75. The van der Waals surface area contributed by atoms with Crippen molar-refractivity contribution in [1.29, 1.82) is 0 Å². The molecule has 1 aromatic carbocycles. The number of benzene rings is 1. The van der Waals surface area contributed by atoms with Crippen LogP contribution in [0, 0.1) is 6.92 Å². The topological polar surface area (TPSA) is 29.9 Å². The summed E-state index contributed by atoms with van der Waals surface area (Å²) in [7, 11) is 3.93. The Bertz CT molecular complexity index is 741. The molecule has 3 heteroatoms. The van der Waals surface area contributed by atoms with E-state index in [9.17, 15) is 0 Å². The molecule has 19 heavy (non-hydrogen) atoms. The first kappa shape index (κ1) is 11.8. The maximum atomic E-state index is 4.38. The van der Waals surface area contributed by atoms with Crippen LogP contribution in [0.5, 0.6) is 0 Å². The van der Waals surface area contributed by atoms with Crippen molar-refractivity contribution in [3.8, 4) is 11.1 Å². The molecule has 3 rings (SSSR count). The van der Waals surface area contributed by atoms with E-state index in [2.05, 4.69) is 58.5 Å². The van der Waals surface area contributed by atoms with Gasteiger partial charge < -0.3 is 9.88 Å². The summed E-state index contributed by atoms with van der Waals surface area (Å²) in [5.41, 5.74) is 3.75. The Morgan fingerprint density at radius 3 is 2.68 bits per heavy atom. The molecule has 0 amide bonds. The molecule has 0 aliphatic rings. The van der Waals surface area contributed by atoms with Crippen LogP contribution >= 0.6 is 0 Å². The number of nitrogens with zero attached hydrogens (tertiary/aromatic N) is 2. The van der Waals surface area contributed by atoms with Crippen LogP contribution in [-0.2, 0) is 7.05 Å². The highest BCUT2D eigenvalue weighted by molar-refractivity contribution is 5.91. The highest BCUT2D eigenvalue weighted by Crippen LogP contribution is 2.28. The molecule has 0 fully saturated rings. The first-order valence-corrected chi connectivity index (χ1v) is 6.38. The average Bonchev–Trinajstić information content (AvgIpc) is 2.84. The van der Waals surface area contributed by atoms with Gasteiger partial charge in [0.2, 0.25) is 0 Å². The Morgan fingerprint density at radius 2 is 2.00 bits per heavy atom. The zero-order valence-electron chi connectivity index (χ0n) is 11.4. The van der Waals surface area contributed by atoms with E-state index in [0.717, 1.165) is 5.82 Å². The van der Waals surface area contributed by atoms with Crippen molar-refractivity contribution >= 4 is 16.6 Å². The largest absolute Gasteiger partial charge is 0.373 e. The third kappa shape index (κ3) is 2.08. The molecular formula is C16H17N3. The number of aryl methyl sites for hydroxylation is 2. The second-order valence-electron chi connectivity index (χ2n) is 4.90. The molecule has 0 atom stereocenters. The van der Waals surface area contributed by atoms with Gasteiger partial charge in [-0.2, -0.15) is 0 Å². The van der Waals surface area contributed by atoms with Crippen LogP contribution in [-0.4, -0.2) is 16.6 Å². The molecule has 0 spiro atoms. The van der Waals surface area contributed by atoms with Gasteiger partial charge in [-0.25, -0.2) is 4.98 Å². The number of aromatic nitrogens is 2. The molecule has 3 aromatic rings. The van der Waals surface area contributed by atoms with Crippen molar-refractivity contribution in [1.82, 2.24) is 9.55 Å². The lowest BCUT2D eigenvalue weighted by Gasteiger charge is -2.08. The monoisotopic (exact) mass is 251 g/mol. The fourth-order valence-electron chi connectivity index (χ4n) is 2.42. The van der Waals surface area contributed by atoms with E-state index in [1.807, 2.05) is 20.3 Å². The van der Waals surface area contributed by atoms with Gasteiger partial charge >= 0.3 is 0 Å². The quantitative estimate of drug-likeness (QED) is 0.754. The minimum absolute atomic E-state index is 0.900. The van der Waals surface area contributed by atoms with Crippen LogP contribution < -0.4 is 5.32 Å². The van der Waals surface area contributed by atoms with Gasteiger partial charge in [-0.05, 0) is 47.2 Å². The van der Waals surface area contributed by atoms with Crippen molar-refractivity contribution in [3.63, 3.8) is 0 Å². The molecular weight excluding hydrogens is 234 g/mol. The van der Waals surface area contributed by atoms with E-state index in [-0.39, 0.29) is 0 Å². The highest BCUT2D eigenvalue weighted by atomic mass is 14.9. The summed E-state index contributed by atoms with van der Waals surface area (Å²) in [6.45, 7) is 2.13. The van der Waals surface area contributed by atoms with E-state index in [0.29, 0.717) is 0 Å². The van der Waals surface area contributed by atoms with E-state index < -0.39 is 0 Å². The van der Waals surface area contributed by atoms with Gasteiger partial charge in [0, 0.05) is 38.1 Å². The van der Waals surface area contributed by atoms with E-state index in [4.69, 9.17) is 0 Å². The second kappa shape index (κ2) is 4.43. The summed E-state index contributed by atoms with van der Waals surface area (Å²) in [5, 5.41) is 5.51. The van der Waals surface area contributed by atoms with Crippen molar-refractivity contribution in [2.24, 2.45) is 7.05 Å². The number of nitrogens with one attached hydrogen (secondary N) is 1. The first-order chi connectivity index (χ1) is 9.17. The molecule has 0 aliphatic heterocycles. The van der Waals surface area contributed by atoms with Crippen molar-refractivity contribution in [3.05, 3.63) is 48.4 Å². The zero-order chi connectivity index (χ0) is 13.4. The molecule has 0 bridgehead atoms. The Morgan fingerprint density at radius 1 is 1.16 bits per heavy atom. The number of fused-ring (bicyclic) bond motifs is 1. The minimum atomic E-state index is 0.900. The van der Waals surface area contributed by atoms with Gasteiger partial charge in [0.1, 0.15) is 5.82 Å². The highest BCUT2D eigenvalue weighted by Gasteiger charge is 2.05. The van der Waals surface area contributed by atoms with Gasteiger partial charge in [0.25, 0.3) is 0 Å². The van der Waals surface area contributed by atoms with Crippen LogP contribution in [0.25, 0.3) is 21.9 Å². The number of rotatable bonds is 2. The van der Waals surface area contributed by atoms with E-state index in [1.54, 1.807) is 0 Å². The lowest BCUT2D eigenvalue weighted by molar-refractivity contribution is 0.928. The summed E-state index contributed by atoms with van der Waals surface area (Å²) in [6, 6.07) is 8.67. The number of pyridine rings is 1. The SMILES string of the molecule is CNc1cc2cc(-c3ccn(C)c3)cc(C)c2cn1. The number of anilines is 1. The summed E-state index contributed by atoms with van der Waals surface area (Å²) < 4.78 is 2.07. The summed E-state index contributed by atoms with van der Waals surface area (Å²) in [4.78, 5) is 4.38. The minimum Gasteiger partial charge on any atom is -0.373 e. The fourth-order valence-corrected chi connectivity index (χ4v) is 2.42. The summed E-state index contributed by atoms with van der Waals surface area (Å²) in [6.07, 6.45) is 6.15. The van der Waals surface area contributed by atoms with Crippen molar-refractivity contribution < 1.29 is 0 Å². The van der Waals surface area contributed by atoms with Crippen LogP contribution in [0.3, 0.4) is 0 Å². The van der Waals surface area contributed by atoms with Gasteiger partial charge in [-0.3, -0.25) is 0 Å². The summed E-state index contributed by atoms with van der Waals surface area (Å²) in [5.74, 6) is 0.900. The van der Waals surface area contributed by atoms with Crippen LogP contribution in [0.2, 0.25) is 0 Å². The Hall–Kier alpha value is -2.29. The average molecular weight is 251 g/mol. The van der Waals surface area contributed by atoms with Crippen LogP contribution in [0.4, 0.5) is 5.82 Å². The van der Waals surface area contributed by atoms with Crippen LogP contribution in [0.15, 0.2) is 42.9 Å². The second-order valence-corrected chi connectivity index (χ2v) is 4.90. The number of hydrogen-bond donors (Lipinski definition) is 1. The molecule has 96 valence electrons. The van der Waals surface area contributed by atoms with Crippen LogP contribution in [0.1, 0.15) is 5.56 Å². The van der Waals surface area contributed by atoms with E-state index in [1.165, 1.54) is 27.5 Å². The smallest absolute Gasteiger partial charge is 0.126 e.